The van der Waals surface area contributed by atoms with Crippen molar-refractivity contribution in [2.45, 2.75) is 26.2 Å². The number of alkyl halides is 3. The molecule has 5 nitrogen and oxygen atoms in total. The number of halogens is 4. The van der Waals surface area contributed by atoms with Crippen LogP contribution in [-0.4, -0.2) is 30.3 Å². The minimum absolute atomic E-state index is 0. The summed E-state index contributed by atoms with van der Waals surface area (Å²) in [5.74, 6) is 0.570. The van der Waals surface area contributed by atoms with Crippen LogP contribution in [-0.2, 0) is 13.1 Å². The van der Waals surface area contributed by atoms with Gasteiger partial charge in [-0.2, -0.15) is 24.5 Å². The predicted molar refractivity (Wildman–Crippen MR) is 107 cm³/mol. The van der Waals surface area contributed by atoms with Crippen LogP contribution in [0.3, 0.4) is 0 Å². The largest absolute Gasteiger partial charge is 0.468 e. The maximum atomic E-state index is 12.2. The smallest absolute Gasteiger partial charge is 0.422 e. The summed E-state index contributed by atoms with van der Waals surface area (Å²) in [6, 6.07) is 5.18. The fourth-order valence-electron chi connectivity index (χ4n) is 1.88. The van der Waals surface area contributed by atoms with Crippen molar-refractivity contribution in [2.24, 2.45) is 4.99 Å². The molecule has 2 rings (SSSR count). The highest BCUT2D eigenvalue weighted by molar-refractivity contribution is 14.0. The molecule has 0 saturated heterocycles. The second kappa shape index (κ2) is 11.2. The van der Waals surface area contributed by atoms with Gasteiger partial charge in [-0.05, 0) is 40.9 Å². The molecule has 2 N–H and O–H groups in total. The summed E-state index contributed by atoms with van der Waals surface area (Å²) >= 11 is 1.61. The van der Waals surface area contributed by atoms with Crippen LogP contribution in [0.25, 0.3) is 0 Å². The van der Waals surface area contributed by atoms with Gasteiger partial charge < -0.3 is 15.4 Å². The van der Waals surface area contributed by atoms with E-state index < -0.39 is 12.8 Å². The molecule has 0 bridgehead atoms. The van der Waals surface area contributed by atoms with Gasteiger partial charge in [-0.1, -0.05) is 0 Å². The Bertz CT molecular complexity index is 680. The first kappa shape index (κ1) is 22.5. The van der Waals surface area contributed by atoms with E-state index in [1.165, 1.54) is 12.3 Å². The van der Waals surface area contributed by atoms with Crippen molar-refractivity contribution in [1.82, 2.24) is 15.6 Å². The average molecular weight is 500 g/mol. The summed E-state index contributed by atoms with van der Waals surface area (Å²) in [6.07, 6.45) is -2.97. The number of aliphatic imine (C=N–C) groups is 1. The Hall–Kier alpha value is -1.56. The lowest BCUT2D eigenvalue weighted by molar-refractivity contribution is -0.154. The summed E-state index contributed by atoms with van der Waals surface area (Å²) in [7, 11) is 0. The lowest BCUT2D eigenvalue weighted by atomic mass is 10.2. The van der Waals surface area contributed by atoms with Crippen molar-refractivity contribution in [2.75, 3.05) is 13.2 Å². The minimum Gasteiger partial charge on any atom is -0.468 e. The van der Waals surface area contributed by atoms with Gasteiger partial charge in [-0.25, -0.2) is 9.98 Å². The van der Waals surface area contributed by atoms with Gasteiger partial charge in [-0.15, -0.1) is 24.0 Å². The van der Waals surface area contributed by atoms with E-state index in [1.807, 2.05) is 23.8 Å². The van der Waals surface area contributed by atoms with E-state index in [9.17, 15) is 13.2 Å². The normalized spacial score (nSPS) is 11.6. The molecule has 0 aromatic carbocycles. The molecular weight excluding hydrogens is 480 g/mol. The summed E-state index contributed by atoms with van der Waals surface area (Å²) in [5.41, 5.74) is 1.86. The van der Waals surface area contributed by atoms with E-state index in [1.54, 1.807) is 17.4 Å². The monoisotopic (exact) mass is 500 g/mol. The summed E-state index contributed by atoms with van der Waals surface area (Å²) in [6.45, 7) is 2.24. The molecule has 2 aromatic rings. The Labute approximate surface area is 171 Å². The number of thiophene rings is 1. The number of guanidine groups is 1. The predicted octanol–water partition coefficient (Wildman–Crippen LogP) is 3.96. The van der Waals surface area contributed by atoms with Crippen LogP contribution >= 0.6 is 35.3 Å². The Morgan fingerprint density at radius 1 is 1.27 bits per heavy atom. The van der Waals surface area contributed by atoms with Crippen LogP contribution in [0, 0.1) is 0 Å². The van der Waals surface area contributed by atoms with Crippen molar-refractivity contribution in [3.05, 3.63) is 46.3 Å². The number of nitrogens with one attached hydrogen (secondary N) is 2. The maximum Gasteiger partial charge on any atom is 0.422 e. The lowest BCUT2D eigenvalue weighted by Gasteiger charge is -2.12. The van der Waals surface area contributed by atoms with Crippen LogP contribution in [0.2, 0.25) is 0 Å². The van der Waals surface area contributed by atoms with Crippen molar-refractivity contribution in [1.29, 1.82) is 0 Å². The molecule has 0 spiro atoms. The third-order valence-electron chi connectivity index (χ3n) is 2.99. The summed E-state index contributed by atoms with van der Waals surface area (Å²) in [5, 5.41) is 10.3. The Morgan fingerprint density at radius 2 is 2.08 bits per heavy atom. The van der Waals surface area contributed by atoms with E-state index in [0.29, 0.717) is 25.6 Å². The first-order valence-electron chi connectivity index (χ1n) is 7.64. The number of ether oxygens (including phenoxy) is 1. The molecule has 2 heterocycles. The third-order valence-corrected chi connectivity index (χ3v) is 3.72. The molecule has 0 fully saturated rings. The summed E-state index contributed by atoms with van der Waals surface area (Å²) < 4.78 is 41.2. The molecular formula is C16H20F3IN4OS. The topological polar surface area (TPSA) is 58.5 Å². The quantitative estimate of drug-likeness (QED) is 0.344. The van der Waals surface area contributed by atoms with Gasteiger partial charge >= 0.3 is 6.18 Å². The number of rotatable bonds is 7. The second-order valence-electron chi connectivity index (χ2n) is 5.09. The Morgan fingerprint density at radius 3 is 2.73 bits per heavy atom. The van der Waals surface area contributed by atoms with Gasteiger partial charge in [0.15, 0.2) is 12.6 Å². The highest BCUT2D eigenvalue weighted by Crippen LogP contribution is 2.17. The molecule has 2 aromatic heterocycles. The van der Waals surface area contributed by atoms with Crippen LogP contribution in [0.15, 0.2) is 40.1 Å². The molecule has 0 saturated carbocycles. The first-order chi connectivity index (χ1) is 12.0. The van der Waals surface area contributed by atoms with Crippen LogP contribution < -0.4 is 15.4 Å². The zero-order valence-electron chi connectivity index (χ0n) is 14.0. The first-order valence-corrected chi connectivity index (χ1v) is 8.58. The Balaban J connectivity index is 0.00000338. The maximum absolute atomic E-state index is 12.2. The number of hydrogen-bond acceptors (Lipinski definition) is 4. The van der Waals surface area contributed by atoms with Gasteiger partial charge in [0.05, 0.1) is 6.54 Å². The van der Waals surface area contributed by atoms with Crippen molar-refractivity contribution < 1.29 is 17.9 Å². The third kappa shape index (κ3) is 8.70. The number of aromatic nitrogens is 1. The fourth-order valence-corrected chi connectivity index (χ4v) is 2.54. The highest BCUT2D eigenvalue weighted by atomic mass is 127. The fraction of sp³-hybridized carbons (Fsp3) is 0.375. The zero-order valence-corrected chi connectivity index (χ0v) is 17.2. The van der Waals surface area contributed by atoms with Crippen molar-refractivity contribution >= 4 is 41.3 Å². The standard InChI is InChI=1S/C16H19F3N4OS.HI/c1-2-20-15(23-9-13-4-6-25-10-13)22-8-12-3-5-21-14(7-12)24-11-16(17,18)19;/h3-7,10H,2,8-9,11H2,1H3,(H2,20,22,23);1H. The molecule has 0 atom stereocenters. The molecule has 0 aliphatic carbocycles. The van der Waals surface area contributed by atoms with Gasteiger partial charge in [-0.3, -0.25) is 0 Å². The highest BCUT2D eigenvalue weighted by Gasteiger charge is 2.28. The van der Waals surface area contributed by atoms with Gasteiger partial charge in [0, 0.05) is 25.4 Å². The van der Waals surface area contributed by atoms with Crippen molar-refractivity contribution in [3.63, 3.8) is 0 Å². The SMILES string of the molecule is CCNC(=NCc1ccsc1)NCc1ccnc(OCC(F)(F)F)c1.I. The molecule has 144 valence electrons. The van der Waals surface area contributed by atoms with E-state index in [0.717, 1.165) is 11.1 Å². The van der Waals surface area contributed by atoms with E-state index >= 15 is 0 Å². The molecule has 0 amide bonds. The van der Waals surface area contributed by atoms with Crippen molar-refractivity contribution in [3.8, 4) is 5.88 Å². The molecule has 10 heteroatoms. The Kier molecular flexibility index (Phi) is 9.70. The van der Waals surface area contributed by atoms with E-state index in [-0.39, 0.29) is 29.9 Å². The molecule has 0 radical (unpaired) electrons. The molecule has 0 aliphatic heterocycles. The average Bonchev–Trinajstić information content (AvgIpc) is 3.09. The van der Waals surface area contributed by atoms with Crippen LogP contribution in [0.4, 0.5) is 13.2 Å². The second-order valence-corrected chi connectivity index (χ2v) is 5.87. The van der Waals surface area contributed by atoms with Gasteiger partial charge in [0.1, 0.15) is 0 Å². The number of hydrogen-bond donors (Lipinski definition) is 2. The molecule has 0 aliphatic rings. The summed E-state index contributed by atoms with van der Waals surface area (Å²) in [4.78, 5) is 8.25. The minimum atomic E-state index is -4.39. The van der Waals surface area contributed by atoms with Crippen LogP contribution in [0.1, 0.15) is 18.1 Å². The van der Waals surface area contributed by atoms with Gasteiger partial charge in [0.25, 0.3) is 0 Å². The van der Waals surface area contributed by atoms with E-state index in [2.05, 4.69) is 25.3 Å². The lowest BCUT2D eigenvalue weighted by Crippen LogP contribution is -2.36. The zero-order chi connectivity index (χ0) is 18.1. The van der Waals surface area contributed by atoms with Crippen LogP contribution in [0.5, 0.6) is 5.88 Å². The number of nitrogens with zero attached hydrogens (tertiary/aromatic N) is 2. The van der Waals surface area contributed by atoms with E-state index in [4.69, 9.17) is 0 Å². The van der Waals surface area contributed by atoms with Gasteiger partial charge in [0.2, 0.25) is 5.88 Å². The molecule has 0 unspecified atom stereocenters. The molecule has 26 heavy (non-hydrogen) atoms. The number of pyridine rings is 1.